The van der Waals surface area contributed by atoms with Crippen molar-refractivity contribution in [3.63, 3.8) is 0 Å². The van der Waals surface area contributed by atoms with E-state index in [0.29, 0.717) is 22.4 Å². The topological polar surface area (TPSA) is 92.2 Å². The minimum absolute atomic E-state index is 0.218. The quantitative estimate of drug-likeness (QED) is 0.618. The molecule has 1 aromatic heterocycles. The molecule has 6 nitrogen and oxygen atoms in total. The second kappa shape index (κ2) is 7.21. The van der Waals surface area contributed by atoms with E-state index < -0.39 is 22.0 Å². The Morgan fingerprint density at radius 2 is 1.79 bits per heavy atom. The van der Waals surface area contributed by atoms with Crippen molar-refractivity contribution < 1.29 is 26.1 Å². The molecular formula is C18H14F3N3O3S. The van der Waals surface area contributed by atoms with Gasteiger partial charge in [-0.15, -0.1) is 0 Å². The Morgan fingerprint density at radius 1 is 1.07 bits per heavy atom. The zero-order valence-corrected chi connectivity index (χ0v) is 15.2. The molecule has 0 fully saturated rings. The molecule has 2 N–H and O–H groups in total. The van der Waals surface area contributed by atoms with Gasteiger partial charge in [0.25, 0.3) is 10.1 Å². The van der Waals surface area contributed by atoms with E-state index in [1.165, 1.54) is 12.1 Å². The monoisotopic (exact) mass is 409 g/mol. The third-order valence-corrected chi connectivity index (χ3v) is 4.94. The first-order valence-corrected chi connectivity index (χ1v) is 9.34. The van der Waals surface area contributed by atoms with Gasteiger partial charge in [-0.2, -0.15) is 21.6 Å². The van der Waals surface area contributed by atoms with Crippen LogP contribution < -0.4 is 5.32 Å². The Labute approximate surface area is 158 Å². The maximum absolute atomic E-state index is 12.8. The van der Waals surface area contributed by atoms with Crippen LogP contribution in [-0.2, 0) is 16.3 Å². The van der Waals surface area contributed by atoms with E-state index in [0.717, 1.165) is 12.3 Å². The molecule has 1 heterocycles. The summed E-state index contributed by atoms with van der Waals surface area (Å²) in [6.07, 6.45) is -3.59. The van der Waals surface area contributed by atoms with Gasteiger partial charge in [0, 0.05) is 11.9 Å². The van der Waals surface area contributed by atoms with Gasteiger partial charge >= 0.3 is 6.18 Å². The summed E-state index contributed by atoms with van der Waals surface area (Å²) >= 11 is 0. The fourth-order valence-corrected chi connectivity index (χ4v) is 3.42. The molecule has 0 saturated heterocycles. The average Bonchev–Trinajstić information content (AvgIpc) is 2.60. The summed E-state index contributed by atoms with van der Waals surface area (Å²) in [6, 6.07) is 11.8. The van der Waals surface area contributed by atoms with Crippen LogP contribution in [-0.4, -0.2) is 22.9 Å². The summed E-state index contributed by atoms with van der Waals surface area (Å²) in [7, 11) is -4.38. The molecule has 0 amide bonds. The Hall–Kier alpha value is -2.98. The van der Waals surface area contributed by atoms with Crippen molar-refractivity contribution in [2.45, 2.75) is 18.0 Å². The first kappa shape index (κ1) is 19.8. The van der Waals surface area contributed by atoms with Gasteiger partial charge in [-0.05, 0) is 47.9 Å². The Morgan fingerprint density at radius 3 is 2.46 bits per heavy atom. The predicted octanol–water partition coefficient (Wildman–Crippen LogP) is 4.46. The normalized spacial score (nSPS) is 12.0. The number of nitrogens with zero attached hydrogens (tertiary/aromatic N) is 2. The Balaban J connectivity index is 1.97. The summed E-state index contributed by atoms with van der Waals surface area (Å²) in [4.78, 5) is 7.01. The molecule has 146 valence electrons. The van der Waals surface area contributed by atoms with Crippen LogP contribution in [0.5, 0.6) is 0 Å². The van der Waals surface area contributed by atoms with Crippen LogP contribution in [0.4, 0.5) is 24.8 Å². The van der Waals surface area contributed by atoms with Gasteiger partial charge in [-0.1, -0.05) is 24.3 Å². The van der Waals surface area contributed by atoms with Crippen LogP contribution in [0.15, 0.2) is 59.6 Å². The lowest BCUT2D eigenvalue weighted by molar-refractivity contribution is -0.141. The molecule has 28 heavy (non-hydrogen) atoms. The van der Waals surface area contributed by atoms with Crippen LogP contribution >= 0.6 is 0 Å². The molecule has 0 bridgehead atoms. The molecule has 3 rings (SSSR count). The van der Waals surface area contributed by atoms with Crippen molar-refractivity contribution in [2.75, 3.05) is 5.32 Å². The van der Waals surface area contributed by atoms with Crippen LogP contribution in [0.1, 0.15) is 11.3 Å². The van der Waals surface area contributed by atoms with Gasteiger partial charge in [0.15, 0.2) is 0 Å². The van der Waals surface area contributed by atoms with Gasteiger partial charge in [0.2, 0.25) is 5.95 Å². The van der Waals surface area contributed by atoms with Gasteiger partial charge in [-0.25, -0.2) is 9.97 Å². The SMILES string of the molecule is Cc1c(-c2cccc(Nc3nccc(C(F)(F)F)n3)c2)cccc1S(=O)(=O)O. The zero-order chi connectivity index (χ0) is 20.5. The minimum Gasteiger partial charge on any atom is -0.324 e. The van der Waals surface area contributed by atoms with E-state index >= 15 is 0 Å². The molecule has 0 atom stereocenters. The fraction of sp³-hybridized carbons (Fsp3) is 0.111. The number of nitrogens with one attached hydrogen (secondary N) is 1. The number of hydrogen-bond acceptors (Lipinski definition) is 5. The van der Waals surface area contributed by atoms with Crippen molar-refractivity contribution in [1.82, 2.24) is 9.97 Å². The molecule has 2 aromatic carbocycles. The van der Waals surface area contributed by atoms with E-state index in [1.807, 2.05) is 0 Å². The first-order valence-electron chi connectivity index (χ1n) is 7.90. The van der Waals surface area contributed by atoms with Crippen molar-refractivity contribution in [3.8, 4) is 11.1 Å². The maximum atomic E-state index is 12.8. The number of anilines is 2. The summed E-state index contributed by atoms with van der Waals surface area (Å²) < 4.78 is 70.7. The second-order valence-corrected chi connectivity index (χ2v) is 7.26. The van der Waals surface area contributed by atoms with E-state index in [1.54, 1.807) is 37.3 Å². The van der Waals surface area contributed by atoms with Crippen LogP contribution in [0.3, 0.4) is 0 Å². The second-order valence-electron chi connectivity index (χ2n) is 5.87. The lowest BCUT2D eigenvalue weighted by Gasteiger charge is -2.12. The summed E-state index contributed by atoms with van der Waals surface area (Å²) in [5.74, 6) is -0.226. The van der Waals surface area contributed by atoms with Crippen LogP contribution in [0.25, 0.3) is 11.1 Å². The van der Waals surface area contributed by atoms with Crippen molar-refractivity contribution in [3.05, 3.63) is 66.0 Å². The van der Waals surface area contributed by atoms with Gasteiger partial charge in [0.1, 0.15) is 5.69 Å². The molecule has 0 saturated carbocycles. The molecule has 0 aliphatic heterocycles. The molecule has 0 aliphatic carbocycles. The highest BCUT2D eigenvalue weighted by Crippen LogP contribution is 2.31. The molecule has 0 aliphatic rings. The lowest BCUT2D eigenvalue weighted by atomic mass is 10.0. The molecule has 3 aromatic rings. The zero-order valence-electron chi connectivity index (χ0n) is 14.4. The van der Waals surface area contributed by atoms with E-state index in [9.17, 15) is 26.1 Å². The van der Waals surface area contributed by atoms with E-state index in [4.69, 9.17) is 0 Å². The summed E-state index contributed by atoms with van der Waals surface area (Å²) in [5, 5.41) is 2.70. The molecular weight excluding hydrogens is 395 g/mol. The summed E-state index contributed by atoms with van der Waals surface area (Å²) in [6.45, 7) is 1.55. The number of alkyl halides is 3. The number of benzene rings is 2. The number of halogens is 3. The molecule has 10 heteroatoms. The standard InChI is InChI=1S/C18H14F3N3O3S/c1-11-14(6-3-7-15(11)28(25,26)27)12-4-2-5-13(10-12)23-17-22-9-8-16(24-17)18(19,20)21/h2-10H,1H3,(H,22,23,24)(H,25,26,27). The van der Waals surface area contributed by atoms with Crippen molar-refractivity contribution in [2.24, 2.45) is 0 Å². The highest BCUT2D eigenvalue weighted by Gasteiger charge is 2.32. The van der Waals surface area contributed by atoms with Crippen LogP contribution in [0, 0.1) is 6.92 Å². The minimum atomic E-state index is -4.59. The predicted molar refractivity (Wildman–Crippen MR) is 96.7 cm³/mol. The third kappa shape index (κ3) is 4.29. The fourth-order valence-electron chi connectivity index (χ4n) is 2.68. The van der Waals surface area contributed by atoms with Gasteiger partial charge in [-0.3, -0.25) is 4.55 Å². The maximum Gasteiger partial charge on any atom is 0.433 e. The summed E-state index contributed by atoms with van der Waals surface area (Å²) in [5.41, 5.74) is 0.826. The average molecular weight is 409 g/mol. The van der Waals surface area contributed by atoms with Gasteiger partial charge < -0.3 is 5.32 Å². The molecule has 0 radical (unpaired) electrons. The smallest absolute Gasteiger partial charge is 0.324 e. The first-order chi connectivity index (χ1) is 13.1. The number of rotatable bonds is 4. The highest BCUT2D eigenvalue weighted by atomic mass is 32.2. The number of aromatic nitrogens is 2. The van der Waals surface area contributed by atoms with Crippen molar-refractivity contribution in [1.29, 1.82) is 0 Å². The lowest BCUT2D eigenvalue weighted by Crippen LogP contribution is -2.10. The number of hydrogen-bond donors (Lipinski definition) is 2. The highest BCUT2D eigenvalue weighted by molar-refractivity contribution is 7.85. The third-order valence-electron chi connectivity index (χ3n) is 3.94. The van der Waals surface area contributed by atoms with Crippen molar-refractivity contribution >= 4 is 21.8 Å². The van der Waals surface area contributed by atoms with Crippen LogP contribution in [0.2, 0.25) is 0 Å². The largest absolute Gasteiger partial charge is 0.433 e. The van der Waals surface area contributed by atoms with E-state index in [-0.39, 0.29) is 10.8 Å². The Bertz CT molecular complexity index is 1130. The molecule has 0 spiro atoms. The Kier molecular flexibility index (Phi) is 5.09. The molecule has 0 unspecified atom stereocenters. The van der Waals surface area contributed by atoms with Gasteiger partial charge in [0.05, 0.1) is 4.90 Å². The van der Waals surface area contributed by atoms with E-state index in [2.05, 4.69) is 15.3 Å².